The van der Waals surface area contributed by atoms with Gasteiger partial charge in [-0.05, 0) is 64.4 Å². The van der Waals surface area contributed by atoms with Gasteiger partial charge in [-0.25, -0.2) is 14.6 Å². The Labute approximate surface area is 248 Å². The first-order valence-electron chi connectivity index (χ1n) is 15.2. The minimum Gasteiger partial charge on any atom is -0.494 e. The number of aromatic nitrogens is 4. The molecule has 0 N–H and O–H groups in total. The van der Waals surface area contributed by atoms with Crippen LogP contribution >= 0.6 is 0 Å². The molecule has 1 aliphatic heterocycles. The minimum atomic E-state index is 0.0423. The second-order valence-electron chi connectivity index (χ2n) is 11.7. The summed E-state index contributed by atoms with van der Waals surface area (Å²) >= 11 is 0. The molecule has 3 aromatic rings. The molecule has 1 saturated heterocycles. The Morgan fingerprint density at radius 2 is 1.79 bits per heavy atom. The number of amides is 2. The van der Waals surface area contributed by atoms with Crippen molar-refractivity contribution in [1.82, 2.24) is 34.4 Å². The molecule has 226 valence electrons. The highest BCUT2D eigenvalue weighted by atomic mass is 16.5. The van der Waals surface area contributed by atoms with E-state index in [1.165, 1.54) is 0 Å². The Balaban J connectivity index is 1.17. The number of carbonyl (C=O) groups is 2. The van der Waals surface area contributed by atoms with Crippen molar-refractivity contribution in [1.29, 1.82) is 0 Å². The number of hydrogen-bond donors (Lipinski definition) is 0. The Kier molecular flexibility index (Phi) is 9.56. The first kappa shape index (κ1) is 29.8. The predicted octanol–water partition coefficient (Wildman–Crippen LogP) is 2.89. The van der Waals surface area contributed by atoms with Gasteiger partial charge in [0, 0.05) is 58.2 Å². The average Bonchev–Trinajstić information content (AvgIpc) is 3.40. The zero-order chi connectivity index (χ0) is 29.6. The van der Waals surface area contributed by atoms with Crippen LogP contribution in [0.15, 0.2) is 36.8 Å². The number of likely N-dealkylation sites (N-methyl/N-ethyl adjacent to an activating group) is 1. The number of nitrogens with zero attached hydrogens (tertiary/aromatic N) is 8. The Bertz CT molecular complexity index is 1360. The van der Waals surface area contributed by atoms with Gasteiger partial charge in [0.2, 0.25) is 11.8 Å². The Hall–Kier alpha value is -3.73. The van der Waals surface area contributed by atoms with Crippen LogP contribution in [0.3, 0.4) is 0 Å². The molecule has 11 heteroatoms. The van der Waals surface area contributed by atoms with Gasteiger partial charge >= 0.3 is 0 Å². The number of benzene rings is 1. The molecule has 2 aromatic heterocycles. The van der Waals surface area contributed by atoms with Crippen molar-refractivity contribution >= 4 is 28.7 Å². The van der Waals surface area contributed by atoms with Crippen molar-refractivity contribution < 1.29 is 14.3 Å². The summed E-state index contributed by atoms with van der Waals surface area (Å²) in [5, 5.41) is 5.55. The van der Waals surface area contributed by atoms with Gasteiger partial charge in [-0.1, -0.05) is 12.1 Å². The van der Waals surface area contributed by atoms with Crippen LogP contribution in [0.1, 0.15) is 45.1 Å². The van der Waals surface area contributed by atoms with E-state index in [9.17, 15) is 9.59 Å². The van der Waals surface area contributed by atoms with Crippen LogP contribution in [0.25, 0.3) is 11.0 Å². The minimum absolute atomic E-state index is 0.0423. The van der Waals surface area contributed by atoms with Crippen molar-refractivity contribution in [3.63, 3.8) is 0 Å². The molecule has 0 bridgehead atoms. The van der Waals surface area contributed by atoms with E-state index in [0.717, 1.165) is 80.0 Å². The summed E-state index contributed by atoms with van der Waals surface area (Å²) in [6.07, 6.45) is 6.91. The lowest BCUT2D eigenvalue weighted by atomic mass is 9.84. The summed E-state index contributed by atoms with van der Waals surface area (Å²) < 4.78 is 7.55. The smallest absolute Gasteiger partial charge is 0.225 e. The lowest BCUT2D eigenvalue weighted by Crippen LogP contribution is -2.51. The van der Waals surface area contributed by atoms with Crippen molar-refractivity contribution in [3.8, 4) is 5.75 Å². The van der Waals surface area contributed by atoms with Crippen molar-refractivity contribution in [3.05, 3.63) is 42.4 Å². The standard InChI is InChI=1S/C31H44N8O3/c1-5-42-27-8-6-7-24(19-27)21-39-30-28(20-34-39)29(32-22-33-30)36-14-16-37(17-15-36)31(41)25-9-11-26(12-10-25)38(23(2)40)18-13-35(3)4/h6-8,19-20,22,25-26H,5,9-18,21H2,1-4H3/t25-,26-. The maximum Gasteiger partial charge on any atom is 0.225 e. The Morgan fingerprint density at radius 1 is 1.02 bits per heavy atom. The molecule has 1 saturated carbocycles. The highest BCUT2D eigenvalue weighted by Gasteiger charge is 2.34. The molecule has 1 aliphatic carbocycles. The van der Waals surface area contributed by atoms with E-state index in [2.05, 4.69) is 30.9 Å². The summed E-state index contributed by atoms with van der Waals surface area (Å²) in [4.78, 5) is 43.2. The van der Waals surface area contributed by atoms with Gasteiger partial charge in [-0.2, -0.15) is 5.10 Å². The summed E-state index contributed by atoms with van der Waals surface area (Å²) in [7, 11) is 4.05. The second-order valence-corrected chi connectivity index (χ2v) is 11.7. The number of rotatable bonds is 10. The van der Waals surface area contributed by atoms with Gasteiger partial charge < -0.3 is 24.3 Å². The largest absolute Gasteiger partial charge is 0.494 e. The fraction of sp³-hybridized carbons (Fsp3) is 0.581. The first-order valence-corrected chi connectivity index (χ1v) is 15.2. The zero-order valence-electron chi connectivity index (χ0n) is 25.4. The van der Waals surface area contributed by atoms with Crippen molar-refractivity contribution in [2.45, 2.75) is 52.1 Å². The molecule has 2 aliphatic rings. The number of hydrogen-bond acceptors (Lipinski definition) is 8. The van der Waals surface area contributed by atoms with Gasteiger partial charge in [0.1, 0.15) is 17.9 Å². The molecule has 1 aromatic carbocycles. The van der Waals surface area contributed by atoms with E-state index in [1.54, 1.807) is 13.3 Å². The highest BCUT2D eigenvalue weighted by molar-refractivity contribution is 5.87. The van der Waals surface area contributed by atoms with E-state index in [-0.39, 0.29) is 23.8 Å². The summed E-state index contributed by atoms with van der Waals surface area (Å²) in [6, 6.07) is 8.28. The number of carbonyl (C=O) groups excluding carboxylic acids is 2. The van der Waals surface area contributed by atoms with Crippen LogP contribution in [-0.2, 0) is 16.1 Å². The average molecular weight is 577 g/mol. The fourth-order valence-corrected chi connectivity index (χ4v) is 6.26. The first-order chi connectivity index (χ1) is 20.3. The fourth-order valence-electron chi connectivity index (χ4n) is 6.26. The van der Waals surface area contributed by atoms with Crippen LogP contribution in [0, 0.1) is 5.92 Å². The van der Waals surface area contributed by atoms with E-state index in [0.29, 0.717) is 26.2 Å². The third-order valence-electron chi connectivity index (χ3n) is 8.52. The molecular formula is C31H44N8O3. The summed E-state index contributed by atoms with van der Waals surface area (Å²) in [5.41, 5.74) is 1.89. The van der Waals surface area contributed by atoms with Gasteiger partial charge in [0.05, 0.1) is 24.7 Å². The highest BCUT2D eigenvalue weighted by Crippen LogP contribution is 2.30. The molecule has 5 rings (SSSR count). The number of ether oxygens (including phenoxy) is 1. The quantitative estimate of drug-likeness (QED) is 0.363. The maximum atomic E-state index is 13.4. The third-order valence-corrected chi connectivity index (χ3v) is 8.52. The van der Waals surface area contributed by atoms with Crippen LogP contribution in [0.4, 0.5) is 5.82 Å². The molecule has 0 unspecified atom stereocenters. The summed E-state index contributed by atoms with van der Waals surface area (Å²) in [5.74, 6) is 2.14. The lowest BCUT2D eigenvalue weighted by molar-refractivity contribution is -0.138. The topological polar surface area (TPSA) is 99.9 Å². The Morgan fingerprint density at radius 3 is 2.48 bits per heavy atom. The SMILES string of the molecule is CCOc1cccc(Cn2ncc3c(N4CCN(C(=O)[C@H]5CC[C@H](N(CCN(C)C)C(C)=O)CC5)CC4)ncnc32)c1. The second kappa shape index (κ2) is 13.5. The van der Waals surface area contributed by atoms with E-state index in [1.807, 2.05) is 59.9 Å². The molecule has 0 radical (unpaired) electrons. The van der Waals surface area contributed by atoms with Gasteiger partial charge in [-0.3, -0.25) is 9.59 Å². The van der Waals surface area contributed by atoms with Crippen LogP contribution in [0.5, 0.6) is 5.75 Å². The third kappa shape index (κ3) is 6.83. The van der Waals surface area contributed by atoms with E-state index >= 15 is 0 Å². The molecule has 2 fully saturated rings. The lowest BCUT2D eigenvalue weighted by Gasteiger charge is -2.40. The van der Waals surface area contributed by atoms with E-state index in [4.69, 9.17) is 4.74 Å². The number of fused-ring (bicyclic) bond motifs is 1. The van der Waals surface area contributed by atoms with Crippen LogP contribution < -0.4 is 9.64 Å². The molecule has 11 nitrogen and oxygen atoms in total. The predicted molar refractivity (Wildman–Crippen MR) is 163 cm³/mol. The number of piperazine rings is 1. The zero-order valence-corrected chi connectivity index (χ0v) is 25.4. The normalized spacial score (nSPS) is 19.4. The molecular weight excluding hydrogens is 532 g/mol. The monoisotopic (exact) mass is 576 g/mol. The van der Waals surface area contributed by atoms with Crippen LogP contribution in [0.2, 0.25) is 0 Å². The van der Waals surface area contributed by atoms with E-state index < -0.39 is 0 Å². The van der Waals surface area contributed by atoms with Gasteiger partial charge in [0.25, 0.3) is 0 Å². The summed E-state index contributed by atoms with van der Waals surface area (Å²) in [6.45, 7) is 9.22. The molecule has 2 amide bonds. The molecule has 42 heavy (non-hydrogen) atoms. The van der Waals surface area contributed by atoms with Crippen molar-refractivity contribution in [2.75, 3.05) is 64.9 Å². The van der Waals surface area contributed by atoms with Gasteiger partial charge in [0.15, 0.2) is 5.65 Å². The maximum absolute atomic E-state index is 13.4. The van der Waals surface area contributed by atoms with Gasteiger partial charge in [-0.15, -0.1) is 0 Å². The number of anilines is 1. The molecule has 0 spiro atoms. The van der Waals surface area contributed by atoms with Crippen molar-refractivity contribution in [2.24, 2.45) is 5.92 Å². The van der Waals surface area contributed by atoms with Crippen LogP contribution in [-0.4, -0.2) is 112 Å². The molecule has 0 atom stereocenters. The molecule has 3 heterocycles.